The average Bonchev–Trinajstić information content (AvgIpc) is 2.33. The summed E-state index contributed by atoms with van der Waals surface area (Å²) in [5, 5.41) is 0. The van der Waals surface area contributed by atoms with Crippen LogP contribution in [0, 0.1) is 0 Å². The van der Waals surface area contributed by atoms with Gasteiger partial charge in [-0.3, -0.25) is 4.79 Å². The predicted octanol–water partition coefficient (Wildman–Crippen LogP) is 3.63. The van der Waals surface area contributed by atoms with Gasteiger partial charge in [0.25, 0.3) is 0 Å². The summed E-state index contributed by atoms with van der Waals surface area (Å²) in [7, 11) is 0. The van der Waals surface area contributed by atoms with Gasteiger partial charge in [-0.15, -0.1) is 0 Å². The van der Waals surface area contributed by atoms with Crippen molar-refractivity contribution in [2.24, 2.45) is 0 Å². The zero-order chi connectivity index (χ0) is 11.1. The first-order chi connectivity index (χ1) is 7.29. The third-order valence-corrected chi connectivity index (χ3v) is 3.08. The molecule has 0 bridgehead atoms. The Morgan fingerprint density at radius 3 is 2.33 bits per heavy atom. The van der Waals surface area contributed by atoms with E-state index in [4.69, 9.17) is 0 Å². The summed E-state index contributed by atoms with van der Waals surface area (Å²) in [5.74, 6) is 0. The maximum Gasteiger partial charge on any atom is 0.209 e. The van der Waals surface area contributed by atoms with Crippen LogP contribution in [0.2, 0.25) is 0 Å². The molecule has 1 rings (SSSR count). The van der Waals surface area contributed by atoms with E-state index >= 15 is 0 Å². The van der Waals surface area contributed by atoms with E-state index in [1.807, 2.05) is 30.3 Å². The van der Waals surface area contributed by atoms with Gasteiger partial charge >= 0.3 is 0 Å². The molecule has 0 saturated heterocycles. The minimum atomic E-state index is -0.378. The SMILES string of the molecule is CCCCC([C]=O)(CC)c1ccccc1. The highest BCUT2D eigenvalue weighted by atomic mass is 16.1. The standard InChI is InChI=1S/C14H19O/c1-3-5-11-14(4-2,12-15)13-9-7-6-8-10-13/h6-10H,3-5,11H2,1-2H3. The van der Waals surface area contributed by atoms with Gasteiger partial charge in [-0.05, 0) is 18.4 Å². The van der Waals surface area contributed by atoms with E-state index in [0.717, 1.165) is 31.2 Å². The molecule has 0 saturated carbocycles. The van der Waals surface area contributed by atoms with E-state index in [0.29, 0.717) is 0 Å². The number of hydrogen-bond donors (Lipinski definition) is 0. The van der Waals surface area contributed by atoms with Gasteiger partial charge in [0.2, 0.25) is 6.29 Å². The zero-order valence-corrected chi connectivity index (χ0v) is 9.62. The monoisotopic (exact) mass is 203 g/mol. The molecule has 1 aromatic carbocycles. The topological polar surface area (TPSA) is 17.1 Å². The van der Waals surface area contributed by atoms with Gasteiger partial charge in [0.05, 0.1) is 5.41 Å². The summed E-state index contributed by atoms with van der Waals surface area (Å²) in [6, 6.07) is 10.0. The second kappa shape index (κ2) is 5.69. The smallest absolute Gasteiger partial charge is 0.209 e. The molecule has 0 fully saturated rings. The maximum atomic E-state index is 11.2. The summed E-state index contributed by atoms with van der Waals surface area (Å²) in [6.07, 6.45) is 6.21. The second-order valence-electron chi connectivity index (χ2n) is 4.01. The van der Waals surface area contributed by atoms with Crippen LogP contribution in [0.15, 0.2) is 30.3 Å². The van der Waals surface area contributed by atoms with Crippen molar-refractivity contribution in [3.05, 3.63) is 35.9 Å². The summed E-state index contributed by atoms with van der Waals surface area (Å²) < 4.78 is 0. The molecule has 0 aliphatic carbocycles. The first-order valence-electron chi connectivity index (χ1n) is 5.74. The molecule has 1 aromatic rings. The van der Waals surface area contributed by atoms with Crippen LogP contribution in [-0.2, 0) is 10.2 Å². The molecule has 1 unspecified atom stereocenters. The Bertz CT molecular complexity index is 291. The van der Waals surface area contributed by atoms with Gasteiger partial charge < -0.3 is 0 Å². The quantitative estimate of drug-likeness (QED) is 0.690. The summed E-state index contributed by atoms with van der Waals surface area (Å²) in [6.45, 7) is 4.21. The molecule has 0 aromatic heterocycles. The minimum Gasteiger partial charge on any atom is -0.290 e. The van der Waals surface area contributed by atoms with Crippen molar-refractivity contribution in [2.45, 2.75) is 44.9 Å². The lowest BCUT2D eigenvalue weighted by atomic mass is 9.75. The van der Waals surface area contributed by atoms with Crippen molar-refractivity contribution in [3.63, 3.8) is 0 Å². The third-order valence-electron chi connectivity index (χ3n) is 3.08. The predicted molar refractivity (Wildman–Crippen MR) is 63.6 cm³/mol. The number of hydrogen-bond acceptors (Lipinski definition) is 1. The van der Waals surface area contributed by atoms with Crippen LogP contribution < -0.4 is 0 Å². The maximum absolute atomic E-state index is 11.2. The van der Waals surface area contributed by atoms with Crippen LogP contribution >= 0.6 is 0 Å². The lowest BCUT2D eigenvalue weighted by Gasteiger charge is -2.26. The first kappa shape index (κ1) is 12.0. The number of carbonyl (C=O) groups excluding carboxylic acids is 1. The number of rotatable bonds is 6. The van der Waals surface area contributed by atoms with Crippen LogP contribution in [0.25, 0.3) is 0 Å². The Morgan fingerprint density at radius 1 is 1.20 bits per heavy atom. The molecule has 0 N–H and O–H groups in total. The summed E-state index contributed by atoms with van der Waals surface area (Å²) >= 11 is 0. The lowest BCUT2D eigenvalue weighted by molar-refractivity contribution is 0.437. The Morgan fingerprint density at radius 2 is 1.87 bits per heavy atom. The van der Waals surface area contributed by atoms with Gasteiger partial charge in [-0.25, -0.2) is 0 Å². The third kappa shape index (κ3) is 2.68. The van der Waals surface area contributed by atoms with Crippen molar-refractivity contribution in [2.75, 3.05) is 0 Å². The first-order valence-corrected chi connectivity index (χ1v) is 5.74. The van der Waals surface area contributed by atoms with Crippen LogP contribution in [0.4, 0.5) is 0 Å². The van der Waals surface area contributed by atoms with E-state index in [1.54, 1.807) is 0 Å². The molecule has 1 heteroatoms. The molecular weight excluding hydrogens is 184 g/mol. The molecular formula is C14H19O. The van der Waals surface area contributed by atoms with Crippen molar-refractivity contribution in [1.82, 2.24) is 0 Å². The van der Waals surface area contributed by atoms with Crippen molar-refractivity contribution >= 4 is 6.29 Å². The number of unbranched alkanes of at least 4 members (excludes halogenated alkanes) is 1. The summed E-state index contributed by atoms with van der Waals surface area (Å²) in [4.78, 5) is 11.2. The highest BCUT2D eigenvalue weighted by molar-refractivity contribution is 5.69. The Hall–Kier alpha value is -1.11. The number of benzene rings is 1. The molecule has 15 heavy (non-hydrogen) atoms. The van der Waals surface area contributed by atoms with E-state index in [2.05, 4.69) is 20.1 Å². The van der Waals surface area contributed by atoms with Crippen LogP contribution in [0.3, 0.4) is 0 Å². The van der Waals surface area contributed by atoms with Gasteiger partial charge in [0, 0.05) is 0 Å². The fourth-order valence-corrected chi connectivity index (χ4v) is 1.94. The Labute approximate surface area is 92.5 Å². The van der Waals surface area contributed by atoms with Gasteiger partial charge in [0.1, 0.15) is 0 Å². The van der Waals surface area contributed by atoms with Gasteiger partial charge in [-0.1, -0.05) is 57.0 Å². The Balaban J connectivity index is 2.94. The average molecular weight is 203 g/mol. The molecule has 0 aliphatic heterocycles. The minimum absolute atomic E-state index is 0.378. The molecule has 81 valence electrons. The van der Waals surface area contributed by atoms with Crippen molar-refractivity contribution < 1.29 is 4.79 Å². The molecule has 0 spiro atoms. The van der Waals surface area contributed by atoms with E-state index in [-0.39, 0.29) is 5.41 Å². The lowest BCUT2D eigenvalue weighted by Crippen LogP contribution is -2.27. The fourth-order valence-electron chi connectivity index (χ4n) is 1.94. The fraction of sp³-hybridized carbons (Fsp3) is 0.500. The van der Waals surface area contributed by atoms with Crippen LogP contribution in [0.5, 0.6) is 0 Å². The van der Waals surface area contributed by atoms with E-state index < -0.39 is 0 Å². The van der Waals surface area contributed by atoms with Crippen LogP contribution in [-0.4, -0.2) is 6.29 Å². The van der Waals surface area contributed by atoms with Crippen molar-refractivity contribution in [3.8, 4) is 0 Å². The second-order valence-corrected chi connectivity index (χ2v) is 4.01. The molecule has 1 nitrogen and oxygen atoms in total. The Kier molecular flexibility index (Phi) is 4.54. The highest BCUT2D eigenvalue weighted by Crippen LogP contribution is 2.31. The largest absolute Gasteiger partial charge is 0.290 e. The summed E-state index contributed by atoms with van der Waals surface area (Å²) in [5.41, 5.74) is 0.730. The normalized spacial score (nSPS) is 14.5. The van der Waals surface area contributed by atoms with E-state index in [1.165, 1.54) is 0 Å². The van der Waals surface area contributed by atoms with E-state index in [9.17, 15) is 4.79 Å². The van der Waals surface area contributed by atoms with Gasteiger partial charge in [-0.2, -0.15) is 0 Å². The van der Waals surface area contributed by atoms with Gasteiger partial charge in [0.15, 0.2) is 0 Å². The molecule has 1 atom stereocenters. The molecule has 0 aliphatic rings. The molecule has 1 radical (unpaired) electrons. The van der Waals surface area contributed by atoms with Crippen LogP contribution in [0.1, 0.15) is 45.1 Å². The molecule has 0 heterocycles. The highest BCUT2D eigenvalue weighted by Gasteiger charge is 2.29. The van der Waals surface area contributed by atoms with Crippen molar-refractivity contribution in [1.29, 1.82) is 0 Å². The zero-order valence-electron chi connectivity index (χ0n) is 9.62. The molecule has 0 amide bonds.